The number of nitrogens with zero attached hydrogens (tertiary/aromatic N) is 2. The molecule has 0 aliphatic heterocycles. The fourth-order valence-electron chi connectivity index (χ4n) is 2.25. The third-order valence-corrected chi connectivity index (χ3v) is 4.47. The normalized spacial score (nSPS) is 11.0. The van der Waals surface area contributed by atoms with Crippen molar-refractivity contribution in [3.8, 4) is 0 Å². The maximum absolute atomic E-state index is 11.2. The molecule has 2 aromatic rings. The maximum atomic E-state index is 11.2. The predicted molar refractivity (Wildman–Crippen MR) is 90.1 cm³/mol. The Kier molecular flexibility index (Phi) is 5.66. The molecule has 0 aliphatic carbocycles. The molecule has 1 aromatic heterocycles. The number of hydrogen-bond acceptors (Lipinski definition) is 3. The summed E-state index contributed by atoms with van der Waals surface area (Å²) in [7, 11) is 0. The molecule has 0 fully saturated rings. The van der Waals surface area contributed by atoms with Crippen LogP contribution in [0, 0.1) is 0 Å². The SMILES string of the molecule is CCn1c(CNC(C)=O)nc(C(C)C)c1Sc1ccccc1. The van der Waals surface area contributed by atoms with Crippen LogP contribution in [-0.4, -0.2) is 15.5 Å². The highest BCUT2D eigenvalue weighted by atomic mass is 32.2. The van der Waals surface area contributed by atoms with Crippen LogP contribution < -0.4 is 5.32 Å². The Morgan fingerprint density at radius 1 is 1.32 bits per heavy atom. The lowest BCUT2D eigenvalue weighted by atomic mass is 10.1. The molecule has 1 heterocycles. The molecular weight excluding hydrogens is 294 g/mol. The van der Waals surface area contributed by atoms with Crippen molar-refractivity contribution in [3.63, 3.8) is 0 Å². The molecule has 4 nitrogen and oxygen atoms in total. The summed E-state index contributed by atoms with van der Waals surface area (Å²) in [5.74, 6) is 1.23. The van der Waals surface area contributed by atoms with Crippen LogP contribution in [0.5, 0.6) is 0 Å². The average Bonchev–Trinajstić information content (AvgIpc) is 2.84. The molecule has 2 rings (SSSR count). The number of aromatic nitrogens is 2. The van der Waals surface area contributed by atoms with E-state index < -0.39 is 0 Å². The lowest BCUT2D eigenvalue weighted by Crippen LogP contribution is -2.21. The number of benzene rings is 1. The Morgan fingerprint density at radius 3 is 2.55 bits per heavy atom. The summed E-state index contributed by atoms with van der Waals surface area (Å²) in [5.41, 5.74) is 1.09. The summed E-state index contributed by atoms with van der Waals surface area (Å²) in [6, 6.07) is 10.3. The van der Waals surface area contributed by atoms with Gasteiger partial charge < -0.3 is 9.88 Å². The molecule has 0 spiro atoms. The average molecular weight is 317 g/mol. The molecule has 5 heteroatoms. The Morgan fingerprint density at radius 2 is 2.00 bits per heavy atom. The molecule has 22 heavy (non-hydrogen) atoms. The van der Waals surface area contributed by atoms with Crippen LogP contribution in [0.1, 0.15) is 45.1 Å². The van der Waals surface area contributed by atoms with E-state index in [0.29, 0.717) is 12.5 Å². The van der Waals surface area contributed by atoms with E-state index in [1.54, 1.807) is 11.8 Å². The zero-order valence-corrected chi connectivity index (χ0v) is 14.4. The summed E-state index contributed by atoms with van der Waals surface area (Å²) < 4.78 is 2.20. The van der Waals surface area contributed by atoms with Gasteiger partial charge in [0.2, 0.25) is 5.91 Å². The van der Waals surface area contributed by atoms with Crippen LogP contribution in [0.3, 0.4) is 0 Å². The Bertz CT molecular complexity index is 635. The van der Waals surface area contributed by atoms with Gasteiger partial charge in [-0.15, -0.1) is 0 Å². The number of imidazole rings is 1. The zero-order valence-electron chi connectivity index (χ0n) is 13.6. The van der Waals surface area contributed by atoms with Crippen LogP contribution in [-0.2, 0) is 17.9 Å². The first-order chi connectivity index (χ1) is 10.5. The van der Waals surface area contributed by atoms with Crippen molar-refractivity contribution in [2.45, 2.75) is 56.6 Å². The van der Waals surface area contributed by atoms with Gasteiger partial charge >= 0.3 is 0 Å². The Labute approximate surface area is 136 Å². The van der Waals surface area contributed by atoms with E-state index in [4.69, 9.17) is 4.98 Å². The molecule has 0 saturated heterocycles. The van der Waals surface area contributed by atoms with E-state index in [-0.39, 0.29) is 5.91 Å². The standard InChI is InChI=1S/C17H23N3OS/c1-5-20-15(11-18-13(4)21)19-16(12(2)3)17(20)22-14-9-7-6-8-10-14/h6-10,12H,5,11H2,1-4H3,(H,18,21). The van der Waals surface area contributed by atoms with Gasteiger partial charge in [-0.25, -0.2) is 4.98 Å². The highest BCUT2D eigenvalue weighted by Gasteiger charge is 2.19. The summed E-state index contributed by atoms with van der Waals surface area (Å²) >= 11 is 1.74. The minimum absolute atomic E-state index is 0.0333. The second kappa shape index (κ2) is 7.49. The van der Waals surface area contributed by atoms with Crippen molar-refractivity contribution >= 4 is 17.7 Å². The maximum Gasteiger partial charge on any atom is 0.217 e. The van der Waals surface area contributed by atoms with E-state index in [2.05, 4.69) is 42.8 Å². The van der Waals surface area contributed by atoms with Crippen molar-refractivity contribution in [2.75, 3.05) is 0 Å². The van der Waals surface area contributed by atoms with E-state index in [1.807, 2.05) is 18.2 Å². The van der Waals surface area contributed by atoms with E-state index >= 15 is 0 Å². The van der Waals surface area contributed by atoms with Gasteiger partial charge in [-0.2, -0.15) is 0 Å². The second-order valence-electron chi connectivity index (χ2n) is 5.44. The van der Waals surface area contributed by atoms with E-state index in [1.165, 1.54) is 16.8 Å². The molecule has 1 N–H and O–H groups in total. The highest BCUT2D eigenvalue weighted by molar-refractivity contribution is 7.99. The van der Waals surface area contributed by atoms with Crippen LogP contribution in [0.25, 0.3) is 0 Å². The van der Waals surface area contributed by atoms with Gasteiger partial charge in [0, 0.05) is 18.4 Å². The fraction of sp³-hybridized carbons (Fsp3) is 0.412. The zero-order chi connectivity index (χ0) is 16.1. The first-order valence-corrected chi connectivity index (χ1v) is 8.41. The summed E-state index contributed by atoms with van der Waals surface area (Å²) in [4.78, 5) is 17.2. The Balaban J connectivity index is 2.38. The first-order valence-electron chi connectivity index (χ1n) is 7.59. The smallest absolute Gasteiger partial charge is 0.217 e. The molecule has 0 radical (unpaired) electrons. The van der Waals surface area contributed by atoms with Crippen molar-refractivity contribution in [1.82, 2.24) is 14.9 Å². The van der Waals surface area contributed by atoms with Gasteiger partial charge in [0.15, 0.2) is 0 Å². The molecular formula is C17H23N3OS. The van der Waals surface area contributed by atoms with Crippen LogP contribution in [0.15, 0.2) is 40.3 Å². The minimum Gasteiger partial charge on any atom is -0.349 e. The van der Waals surface area contributed by atoms with Gasteiger partial charge in [0.25, 0.3) is 0 Å². The largest absolute Gasteiger partial charge is 0.349 e. The molecule has 0 unspecified atom stereocenters. The molecule has 0 saturated carbocycles. The van der Waals surface area contributed by atoms with Crippen molar-refractivity contribution in [3.05, 3.63) is 41.9 Å². The molecule has 0 aliphatic rings. The van der Waals surface area contributed by atoms with Gasteiger partial charge in [-0.3, -0.25) is 4.79 Å². The molecule has 1 amide bonds. The number of carbonyl (C=O) groups excluding carboxylic acids is 1. The summed E-state index contributed by atoms with van der Waals surface area (Å²) in [6.45, 7) is 9.25. The molecule has 0 atom stereocenters. The third-order valence-electron chi connectivity index (χ3n) is 3.34. The van der Waals surface area contributed by atoms with Crippen LogP contribution in [0.2, 0.25) is 0 Å². The molecule has 1 aromatic carbocycles. The topological polar surface area (TPSA) is 46.9 Å². The van der Waals surface area contributed by atoms with Gasteiger partial charge in [0.05, 0.1) is 12.2 Å². The van der Waals surface area contributed by atoms with Crippen molar-refractivity contribution < 1.29 is 4.79 Å². The Hall–Kier alpha value is -1.75. The van der Waals surface area contributed by atoms with E-state index in [0.717, 1.165) is 18.1 Å². The van der Waals surface area contributed by atoms with Gasteiger partial charge in [0.1, 0.15) is 10.9 Å². The highest BCUT2D eigenvalue weighted by Crippen LogP contribution is 2.34. The monoisotopic (exact) mass is 317 g/mol. The summed E-state index contributed by atoms with van der Waals surface area (Å²) in [5, 5.41) is 4.02. The first kappa shape index (κ1) is 16.6. The van der Waals surface area contributed by atoms with E-state index in [9.17, 15) is 4.79 Å². The number of hydrogen-bond donors (Lipinski definition) is 1. The molecule has 118 valence electrons. The lowest BCUT2D eigenvalue weighted by molar-refractivity contribution is -0.119. The quantitative estimate of drug-likeness (QED) is 0.881. The van der Waals surface area contributed by atoms with Gasteiger partial charge in [-0.05, 0) is 25.0 Å². The van der Waals surface area contributed by atoms with Crippen LogP contribution >= 0.6 is 11.8 Å². The number of rotatable bonds is 6. The lowest BCUT2D eigenvalue weighted by Gasteiger charge is -2.11. The predicted octanol–water partition coefficient (Wildman–Crippen LogP) is 3.81. The van der Waals surface area contributed by atoms with Crippen LogP contribution in [0.4, 0.5) is 0 Å². The van der Waals surface area contributed by atoms with Crippen molar-refractivity contribution in [1.29, 1.82) is 0 Å². The number of amides is 1. The molecule has 0 bridgehead atoms. The second-order valence-corrected chi connectivity index (χ2v) is 6.50. The minimum atomic E-state index is -0.0333. The summed E-state index contributed by atoms with van der Waals surface area (Å²) in [6.07, 6.45) is 0. The van der Waals surface area contributed by atoms with Gasteiger partial charge in [-0.1, -0.05) is 43.8 Å². The number of carbonyl (C=O) groups is 1. The number of nitrogens with one attached hydrogen (secondary N) is 1. The fourth-order valence-corrected chi connectivity index (χ4v) is 3.50. The van der Waals surface area contributed by atoms with Crippen molar-refractivity contribution in [2.24, 2.45) is 0 Å². The third kappa shape index (κ3) is 3.91.